The van der Waals surface area contributed by atoms with Gasteiger partial charge >= 0.3 is 0 Å². The van der Waals surface area contributed by atoms with E-state index < -0.39 is 47.7 Å². The molecular weight excluding hydrogens is 865 g/mol. The summed E-state index contributed by atoms with van der Waals surface area (Å²) in [6, 6.07) is 38.8. The van der Waals surface area contributed by atoms with Crippen molar-refractivity contribution in [1.29, 1.82) is 0 Å². The third kappa shape index (κ3) is 6.20. The maximum absolute atomic E-state index is 12.7. The third-order valence-electron chi connectivity index (χ3n) is 14.4. The van der Waals surface area contributed by atoms with Crippen molar-refractivity contribution in [2.24, 2.45) is 0 Å². The Bertz CT molecular complexity index is 3290. The van der Waals surface area contributed by atoms with E-state index in [1.807, 2.05) is 24.3 Å². The summed E-state index contributed by atoms with van der Waals surface area (Å²) in [4.78, 5) is 0. The molecule has 338 valence electrons. The fourth-order valence-electron chi connectivity index (χ4n) is 12.0. The number of hydrogen-bond donors (Lipinski definition) is 10. The van der Waals surface area contributed by atoms with Gasteiger partial charge in [-0.1, -0.05) is 48.5 Å². The van der Waals surface area contributed by atoms with E-state index in [-0.39, 0.29) is 63.2 Å². The number of hydrogen-bond acceptors (Lipinski definition) is 12. The van der Waals surface area contributed by atoms with Crippen LogP contribution in [0.1, 0.15) is 114 Å². The molecule has 2 aliphatic heterocycles. The highest BCUT2D eigenvalue weighted by Crippen LogP contribution is 2.73. The van der Waals surface area contributed by atoms with Gasteiger partial charge in [0, 0.05) is 58.6 Å². The van der Waals surface area contributed by atoms with Gasteiger partial charge in [0.2, 0.25) is 0 Å². The molecule has 2 heterocycles. The normalized spacial score (nSPS) is 22.6. The molecular formula is C56H42O12. The number of rotatable bonds is 6. The van der Waals surface area contributed by atoms with Crippen LogP contribution in [0, 0.1) is 0 Å². The van der Waals surface area contributed by atoms with Gasteiger partial charge in [-0.15, -0.1) is 0 Å². The number of ether oxygens (including phenoxy) is 2. The Morgan fingerprint density at radius 1 is 0.279 bits per heavy atom. The lowest BCUT2D eigenvalue weighted by Crippen LogP contribution is -2.28. The summed E-state index contributed by atoms with van der Waals surface area (Å²) in [5.74, 6) is -4.32. The Balaban J connectivity index is 1.21. The Labute approximate surface area is 388 Å². The first-order valence-electron chi connectivity index (χ1n) is 22.2. The van der Waals surface area contributed by atoms with Gasteiger partial charge in [0.25, 0.3) is 0 Å². The SMILES string of the molecule is Oc1ccc([C@@H]2c3c(O)cc4c(c3[C@@H]3c5cc(O)c6c(c5[C@H]2[C@@H]3c2ccc(O)cc2)[C@@H](c2cc(O)cc(O)c2)[C@H](c2ccc(O)cc2)O6)[C@H](c2cc(O)cc(O)c2)[C@@H](c2ccc(O)cc2)O4)cc1. The van der Waals surface area contributed by atoms with Crippen LogP contribution in [0.3, 0.4) is 0 Å². The Morgan fingerprint density at radius 3 is 1.22 bits per heavy atom. The quantitative estimate of drug-likeness (QED) is 0.0753. The van der Waals surface area contributed by atoms with Crippen molar-refractivity contribution in [3.63, 3.8) is 0 Å². The first kappa shape index (κ1) is 40.8. The maximum Gasteiger partial charge on any atom is 0.166 e. The van der Waals surface area contributed by atoms with Gasteiger partial charge in [0.1, 0.15) is 69.7 Å². The van der Waals surface area contributed by atoms with Crippen molar-refractivity contribution < 1.29 is 60.5 Å². The predicted molar refractivity (Wildman–Crippen MR) is 248 cm³/mol. The molecule has 12 nitrogen and oxygen atoms in total. The molecule has 0 spiro atoms. The van der Waals surface area contributed by atoms with Gasteiger partial charge in [0.05, 0.1) is 11.8 Å². The minimum atomic E-state index is -0.841. The van der Waals surface area contributed by atoms with Crippen LogP contribution in [0.5, 0.6) is 69.0 Å². The first-order chi connectivity index (χ1) is 32.8. The average Bonchev–Trinajstić information content (AvgIpc) is 3.96. The maximum atomic E-state index is 12.7. The van der Waals surface area contributed by atoms with E-state index in [9.17, 15) is 51.1 Å². The van der Waals surface area contributed by atoms with Crippen LogP contribution in [0.2, 0.25) is 0 Å². The van der Waals surface area contributed by atoms with E-state index in [1.54, 1.807) is 97.1 Å². The molecule has 0 aromatic heterocycles. The van der Waals surface area contributed by atoms with Crippen molar-refractivity contribution in [2.75, 3.05) is 0 Å². The third-order valence-corrected chi connectivity index (χ3v) is 14.4. The molecule has 0 fully saturated rings. The molecule has 0 saturated heterocycles. The summed E-state index contributed by atoms with van der Waals surface area (Å²) in [6.45, 7) is 0. The van der Waals surface area contributed by atoms with Crippen molar-refractivity contribution >= 4 is 0 Å². The highest BCUT2D eigenvalue weighted by Gasteiger charge is 2.58. The number of phenolic OH excluding ortho intramolecular Hbond substituents is 10. The highest BCUT2D eigenvalue weighted by atomic mass is 16.5. The zero-order valence-electron chi connectivity index (χ0n) is 35.8. The predicted octanol–water partition coefficient (Wildman–Crippen LogP) is 10.4. The van der Waals surface area contributed by atoms with Crippen LogP contribution < -0.4 is 9.47 Å². The van der Waals surface area contributed by atoms with Gasteiger partial charge < -0.3 is 60.5 Å². The van der Waals surface area contributed by atoms with Gasteiger partial charge in [0.15, 0.2) is 11.5 Å². The fourth-order valence-corrected chi connectivity index (χ4v) is 12.0. The molecule has 68 heavy (non-hydrogen) atoms. The van der Waals surface area contributed by atoms with E-state index in [1.165, 1.54) is 24.3 Å². The Hall–Kier alpha value is -8.64. The molecule has 8 atom stereocenters. The molecule has 0 amide bonds. The van der Waals surface area contributed by atoms with E-state index >= 15 is 0 Å². The Kier molecular flexibility index (Phi) is 8.97. The standard InChI is InChI=1S/C56H42O12/c57-31-9-1-25(2-10-31)43-47-39-23-41(66)56-53(46(30-19-37(63)22-38(64)20-30)55(68-56)28-7-15-34(60)16-8-28)48(39)51(43)44(26-3-11-32(58)12-4-26)49-40(65)24-42-50(52(47)49)45(29-17-35(61)21-36(62)18-29)54(67-42)27-5-13-33(59)14-6-27/h1-24,43-47,51,54-55,57-66H/t43-,44-,45+,46-,47-,51+,54-,55+/m1/s1. The lowest BCUT2D eigenvalue weighted by Gasteiger charge is -2.41. The van der Waals surface area contributed by atoms with E-state index in [2.05, 4.69) is 0 Å². The second-order valence-electron chi connectivity index (χ2n) is 18.2. The lowest BCUT2D eigenvalue weighted by atomic mass is 9.60. The van der Waals surface area contributed by atoms with Gasteiger partial charge in [-0.25, -0.2) is 0 Å². The first-order valence-corrected chi connectivity index (χ1v) is 22.2. The molecule has 12 heteroatoms. The topological polar surface area (TPSA) is 221 Å². The minimum Gasteiger partial charge on any atom is -0.508 e. The largest absolute Gasteiger partial charge is 0.508 e. The molecule has 8 aromatic rings. The molecule has 12 rings (SSSR count). The zero-order valence-corrected chi connectivity index (χ0v) is 35.8. The lowest BCUT2D eigenvalue weighted by molar-refractivity contribution is 0.215. The molecule has 2 bridgehead atoms. The zero-order chi connectivity index (χ0) is 46.9. The highest BCUT2D eigenvalue weighted by molar-refractivity contribution is 5.75. The molecule has 0 saturated carbocycles. The summed E-state index contributed by atoms with van der Waals surface area (Å²) in [5, 5.41) is 111. The van der Waals surface area contributed by atoms with Crippen LogP contribution in [-0.4, -0.2) is 51.1 Å². The van der Waals surface area contributed by atoms with E-state index in [0.717, 1.165) is 16.7 Å². The van der Waals surface area contributed by atoms with Gasteiger partial charge in [-0.2, -0.15) is 0 Å². The number of phenols is 10. The van der Waals surface area contributed by atoms with Crippen LogP contribution >= 0.6 is 0 Å². The molecule has 8 aromatic carbocycles. The van der Waals surface area contributed by atoms with Crippen LogP contribution in [0.15, 0.2) is 146 Å². The van der Waals surface area contributed by atoms with E-state index in [4.69, 9.17) is 9.47 Å². The van der Waals surface area contributed by atoms with Gasteiger partial charge in [-0.05, 0) is 129 Å². The molecule has 2 aliphatic carbocycles. The van der Waals surface area contributed by atoms with Crippen molar-refractivity contribution in [3.05, 3.63) is 212 Å². The molecule has 0 unspecified atom stereocenters. The van der Waals surface area contributed by atoms with Crippen molar-refractivity contribution in [3.8, 4) is 69.0 Å². The molecule has 0 radical (unpaired) electrons. The molecule has 4 aliphatic rings. The number of fused-ring (bicyclic) bond motifs is 11. The monoisotopic (exact) mass is 906 g/mol. The average molecular weight is 907 g/mol. The van der Waals surface area contributed by atoms with Gasteiger partial charge in [-0.3, -0.25) is 0 Å². The second-order valence-corrected chi connectivity index (χ2v) is 18.2. The summed E-state index contributed by atoms with van der Waals surface area (Å²) < 4.78 is 13.7. The Morgan fingerprint density at radius 2 is 0.721 bits per heavy atom. The van der Waals surface area contributed by atoms with Crippen LogP contribution in [0.4, 0.5) is 0 Å². The van der Waals surface area contributed by atoms with Crippen LogP contribution in [0.25, 0.3) is 0 Å². The fraction of sp³-hybridized carbons (Fsp3) is 0.143. The smallest absolute Gasteiger partial charge is 0.166 e. The second kappa shape index (κ2) is 14.9. The number of benzene rings is 8. The van der Waals surface area contributed by atoms with Crippen LogP contribution in [-0.2, 0) is 0 Å². The van der Waals surface area contributed by atoms with Crippen molar-refractivity contribution in [1.82, 2.24) is 0 Å². The summed E-state index contributed by atoms with van der Waals surface area (Å²) in [5.41, 5.74) is 7.73. The molecule has 10 N–H and O–H groups in total. The van der Waals surface area contributed by atoms with Crippen molar-refractivity contribution in [2.45, 2.75) is 47.7 Å². The number of aromatic hydroxyl groups is 10. The van der Waals surface area contributed by atoms with E-state index in [0.29, 0.717) is 55.8 Å². The summed E-state index contributed by atoms with van der Waals surface area (Å²) in [7, 11) is 0. The summed E-state index contributed by atoms with van der Waals surface area (Å²) in [6.07, 6.45) is -1.64. The minimum absolute atomic E-state index is 0.0244. The summed E-state index contributed by atoms with van der Waals surface area (Å²) >= 11 is 0.